The van der Waals surface area contributed by atoms with Crippen LogP contribution in [0.5, 0.6) is 11.5 Å². The van der Waals surface area contributed by atoms with Crippen molar-refractivity contribution < 1.29 is 38.1 Å². The highest BCUT2D eigenvalue weighted by molar-refractivity contribution is 7.13. The number of ketones is 1. The highest BCUT2D eigenvalue weighted by Crippen LogP contribution is 2.34. The topological polar surface area (TPSA) is 169 Å². The lowest BCUT2D eigenvalue weighted by atomic mass is 10.1. The Bertz CT molecular complexity index is 1930. The Morgan fingerprint density at radius 2 is 1.71 bits per heavy atom. The van der Waals surface area contributed by atoms with Crippen LogP contribution in [0.4, 0.5) is 11.4 Å². The Kier molecular flexibility index (Phi) is 13.2. The average molecular weight is 735 g/mol. The minimum Gasteiger partial charge on any atom is -0.494 e. The van der Waals surface area contributed by atoms with E-state index in [9.17, 15) is 14.4 Å². The molecule has 0 radical (unpaired) electrons. The van der Waals surface area contributed by atoms with E-state index in [2.05, 4.69) is 15.2 Å². The molecule has 278 valence electrons. The zero-order valence-electron chi connectivity index (χ0n) is 30.3. The van der Waals surface area contributed by atoms with Crippen LogP contribution < -0.4 is 20.5 Å². The van der Waals surface area contributed by atoms with Gasteiger partial charge in [0.05, 0.1) is 85.5 Å². The van der Waals surface area contributed by atoms with Crippen molar-refractivity contribution in [2.24, 2.45) is 0 Å². The number of carbonyl (C=O) groups excluding carboxylic acids is 3. The second kappa shape index (κ2) is 18.0. The monoisotopic (exact) mass is 734 g/mol. The summed E-state index contributed by atoms with van der Waals surface area (Å²) < 4.78 is 29.0. The summed E-state index contributed by atoms with van der Waals surface area (Å²) in [6.07, 6.45) is 5.32. The number of rotatable bonds is 17. The SMILES string of the molecule is CCc1nc(C)sc1C(=O)Cc1nc2cc(C(=O)OC)cc(OC)c2n1C/C=C/CNc1c(N)cc(C(=O)OC)cc1OCCCN1CCOCC1. The molecule has 1 fully saturated rings. The molecule has 4 aromatic rings. The van der Waals surface area contributed by atoms with E-state index in [1.165, 1.54) is 32.7 Å². The summed E-state index contributed by atoms with van der Waals surface area (Å²) in [5.41, 5.74) is 9.81. The predicted molar refractivity (Wildman–Crippen MR) is 199 cm³/mol. The van der Waals surface area contributed by atoms with E-state index in [-0.39, 0.29) is 17.8 Å². The van der Waals surface area contributed by atoms with E-state index in [1.54, 1.807) is 24.3 Å². The van der Waals surface area contributed by atoms with Crippen molar-refractivity contribution in [3.8, 4) is 11.5 Å². The molecule has 0 amide bonds. The van der Waals surface area contributed by atoms with Gasteiger partial charge in [-0.15, -0.1) is 11.3 Å². The Balaban J connectivity index is 1.36. The van der Waals surface area contributed by atoms with E-state index >= 15 is 0 Å². The maximum atomic E-state index is 13.6. The molecule has 0 atom stereocenters. The van der Waals surface area contributed by atoms with E-state index in [1.807, 2.05) is 30.6 Å². The van der Waals surface area contributed by atoms with Gasteiger partial charge in [0.15, 0.2) is 5.78 Å². The zero-order valence-corrected chi connectivity index (χ0v) is 31.1. The molecule has 0 saturated carbocycles. The fourth-order valence-corrected chi connectivity index (χ4v) is 6.99. The van der Waals surface area contributed by atoms with Gasteiger partial charge in [-0.3, -0.25) is 9.69 Å². The number of allylic oxidation sites excluding steroid dienone is 1. The molecule has 2 aromatic carbocycles. The van der Waals surface area contributed by atoms with Crippen molar-refractivity contribution in [2.45, 2.75) is 39.7 Å². The molecule has 0 bridgehead atoms. The lowest BCUT2D eigenvalue weighted by Crippen LogP contribution is -2.37. The van der Waals surface area contributed by atoms with Crippen LogP contribution in [0.3, 0.4) is 0 Å². The summed E-state index contributed by atoms with van der Waals surface area (Å²) in [5.74, 6) is 0.274. The number of nitrogens with two attached hydrogens (primary N) is 1. The number of esters is 2. The Morgan fingerprint density at radius 1 is 1.00 bits per heavy atom. The number of ether oxygens (including phenoxy) is 5. The predicted octanol–water partition coefficient (Wildman–Crippen LogP) is 4.72. The zero-order chi connectivity index (χ0) is 37.2. The number of Topliss-reactive ketones (excluding diaryl/α,β-unsaturated/α-hetero) is 1. The standard InChI is InChI=1S/C37H46N6O8S/c1-6-27-35(52-23(2)40-27)29(44)22-32-41-28-19-25(37(46)49-5)21-31(47-3)34(28)43(32)12-8-7-10-39-33-26(38)18-24(36(45)48-4)20-30(33)51-15-9-11-42-13-16-50-17-14-42/h7-8,18-21,39H,6,9-17,22,38H2,1-5H3/b8-7+. The smallest absolute Gasteiger partial charge is 0.338 e. The average Bonchev–Trinajstić information content (AvgIpc) is 3.72. The number of anilines is 2. The number of morpholine rings is 1. The van der Waals surface area contributed by atoms with Crippen molar-refractivity contribution in [2.75, 3.05) is 78.4 Å². The number of carbonyl (C=O) groups is 3. The highest BCUT2D eigenvalue weighted by atomic mass is 32.1. The molecule has 0 aliphatic carbocycles. The van der Waals surface area contributed by atoms with Gasteiger partial charge < -0.3 is 39.3 Å². The molecule has 0 spiro atoms. The van der Waals surface area contributed by atoms with Crippen LogP contribution in [0.2, 0.25) is 0 Å². The minimum atomic E-state index is -0.523. The van der Waals surface area contributed by atoms with E-state index < -0.39 is 11.9 Å². The third kappa shape index (κ3) is 9.08. The first kappa shape index (κ1) is 38.2. The first-order valence-electron chi connectivity index (χ1n) is 17.2. The van der Waals surface area contributed by atoms with E-state index in [4.69, 9.17) is 34.4 Å². The number of thiazole rings is 1. The first-order valence-corrected chi connectivity index (χ1v) is 18.0. The molecule has 0 unspecified atom stereocenters. The van der Waals surface area contributed by atoms with Gasteiger partial charge in [0, 0.05) is 32.7 Å². The molecule has 2 aromatic heterocycles. The highest BCUT2D eigenvalue weighted by Gasteiger charge is 2.23. The number of hydrogen-bond acceptors (Lipinski definition) is 14. The molecule has 3 heterocycles. The summed E-state index contributed by atoms with van der Waals surface area (Å²) in [6.45, 7) is 9.12. The number of methoxy groups -OCH3 is 3. The van der Waals surface area contributed by atoms with Gasteiger partial charge in [-0.05, 0) is 44.0 Å². The van der Waals surface area contributed by atoms with Gasteiger partial charge in [0.2, 0.25) is 0 Å². The van der Waals surface area contributed by atoms with Gasteiger partial charge in [-0.25, -0.2) is 19.6 Å². The molecule has 1 saturated heterocycles. The van der Waals surface area contributed by atoms with Gasteiger partial charge >= 0.3 is 11.9 Å². The normalized spacial score (nSPS) is 13.4. The number of imidazole rings is 1. The Morgan fingerprint density at radius 3 is 2.40 bits per heavy atom. The van der Waals surface area contributed by atoms with Crippen LogP contribution in [0.1, 0.15) is 60.3 Å². The maximum Gasteiger partial charge on any atom is 0.338 e. The third-order valence-corrected chi connectivity index (χ3v) is 9.68. The number of fused-ring (bicyclic) bond motifs is 1. The Labute approximate surface area is 306 Å². The van der Waals surface area contributed by atoms with Gasteiger partial charge in [-0.1, -0.05) is 19.1 Å². The van der Waals surface area contributed by atoms with Crippen LogP contribution in [0, 0.1) is 6.92 Å². The molecule has 15 heteroatoms. The molecular formula is C37H46N6O8S. The summed E-state index contributed by atoms with van der Waals surface area (Å²) in [6, 6.07) is 6.43. The lowest BCUT2D eigenvalue weighted by Gasteiger charge is -2.26. The van der Waals surface area contributed by atoms with Crippen molar-refractivity contribution in [3.05, 3.63) is 68.9 Å². The number of benzene rings is 2. The first-order chi connectivity index (χ1) is 25.2. The van der Waals surface area contributed by atoms with Crippen LogP contribution in [0.15, 0.2) is 36.4 Å². The second-order valence-corrected chi connectivity index (χ2v) is 13.3. The molecule has 52 heavy (non-hydrogen) atoms. The van der Waals surface area contributed by atoms with Crippen molar-refractivity contribution in [3.63, 3.8) is 0 Å². The summed E-state index contributed by atoms with van der Waals surface area (Å²) in [7, 11) is 4.15. The number of nitrogens with one attached hydrogen (secondary N) is 1. The molecule has 3 N–H and O–H groups in total. The van der Waals surface area contributed by atoms with E-state index in [0.29, 0.717) is 76.3 Å². The maximum absolute atomic E-state index is 13.6. The molecule has 1 aliphatic heterocycles. The fraction of sp³-hybridized carbons (Fsp3) is 0.432. The number of nitrogen functional groups attached to an aromatic ring is 1. The van der Waals surface area contributed by atoms with Crippen LogP contribution in [0.25, 0.3) is 11.0 Å². The van der Waals surface area contributed by atoms with Crippen molar-refractivity contribution in [1.29, 1.82) is 0 Å². The number of aromatic nitrogens is 3. The third-order valence-electron chi connectivity index (χ3n) is 8.62. The molecule has 5 rings (SSSR count). The van der Waals surface area contributed by atoms with Gasteiger partial charge in [-0.2, -0.15) is 0 Å². The van der Waals surface area contributed by atoms with Crippen molar-refractivity contribution >= 4 is 51.5 Å². The number of nitrogens with zero attached hydrogens (tertiary/aromatic N) is 4. The van der Waals surface area contributed by atoms with E-state index in [0.717, 1.165) is 50.0 Å². The Hall–Kier alpha value is -4.99. The molecular weight excluding hydrogens is 689 g/mol. The van der Waals surface area contributed by atoms with Crippen LogP contribution >= 0.6 is 11.3 Å². The number of aryl methyl sites for hydroxylation is 2. The summed E-state index contributed by atoms with van der Waals surface area (Å²) in [5, 5.41) is 4.16. The molecule has 1 aliphatic rings. The van der Waals surface area contributed by atoms with Crippen LogP contribution in [-0.4, -0.2) is 104 Å². The summed E-state index contributed by atoms with van der Waals surface area (Å²) >= 11 is 1.38. The van der Waals surface area contributed by atoms with Crippen LogP contribution in [-0.2, 0) is 33.6 Å². The van der Waals surface area contributed by atoms with Gasteiger partial charge in [0.25, 0.3) is 0 Å². The fourth-order valence-electron chi connectivity index (χ4n) is 6.05. The van der Waals surface area contributed by atoms with Gasteiger partial charge in [0.1, 0.15) is 28.5 Å². The lowest BCUT2D eigenvalue weighted by molar-refractivity contribution is 0.0358. The minimum absolute atomic E-state index is 0.0292. The number of hydrogen-bond donors (Lipinski definition) is 2. The molecule has 14 nitrogen and oxygen atoms in total. The second-order valence-electron chi connectivity index (χ2n) is 12.1. The van der Waals surface area contributed by atoms with Crippen molar-refractivity contribution in [1.82, 2.24) is 19.4 Å². The largest absolute Gasteiger partial charge is 0.494 e. The summed E-state index contributed by atoms with van der Waals surface area (Å²) in [4.78, 5) is 50.6. The quantitative estimate of drug-likeness (QED) is 0.0503.